The van der Waals surface area contributed by atoms with Gasteiger partial charge in [0.1, 0.15) is 0 Å². The molecule has 6 nitrogen and oxygen atoms in total. The number of rotatable bonds is 4. The quantitative estimate of drug-likeness (QED) is 0.864. The van der Waals surface area contributed by atoms with E-state index in [9.17, 15) is 4.79 Å². The predicted octanol–water partition coefficient (Wildman–Crippen LogP) is 2.01. The maximum atomic E-state index is 12.8. The van der Waals surface area contributed by atoms with Crippen LogP contribution in [0.3, 0.4) is 0 Å². The van der Waals surface area contributed by atoms with Gasteiger partial charge in [-0.3, -0.25) is 9.69 Å². The zero-order valence-corrected chi connectivity index (χ0v) is 12.9. The average Bonchev–Trinajstić information content (AvgIpc) is 2.93. The molecule has 0 bridgehead atoms. The fourth-order valence-electron chi connectivity index (χ4n) is 2.85. The number of likely N-dealkylation sites (N-methyl/N-ethyl adjacent to an activating group) is 1. The Hall–Kier alpha value is -2.21. The summed E-state index contributed by atoms with van der Waals surface area (Å²) < 4.78 is 5.40. The minimum atomic E-state index is -0.152. The Bertz CT molecular complexity index is 641. The van der Waals surface area contributed by atoms with E-state index in [2.05, 4.69) is 10.2 Å². The predicted molar refractivity (Wildman–Crippen MR) is 82.3 cm³/mol. The second-order valence-electron chi connectivity index (χ2n) is 5.61. The number of piperidine rings is 1. The van der Waals surface area contributed by atoms with Crippen molar-refractivity contribution < 1.29 is 9.21 Å². The largest absolute Gasteiger partial charge is 0.424 e. The van der Waals surface area contributed by atoms with Crippen molar-refractivity contribution >= 4 is 11.6 Å². The smallest absolute Gasteiger partial charge is 0.244 e. The van der Waals surface area contributed by atoms with E-state index in [1.807, 2.05) is 47.2 Å². The van der Waals surface area contributed by atoms with Crippen molar-refractivity contribution in [1.82, 2.24) is 15.1 Å². The van der Waals surface area contributed by atoms with Crippen molar-refractivity contribution in [2.45, 2.75) is 32.4 Å². The molecular weight excluding hydrogens is 280 g/mol. The number of nitrogens with zero attached hydrogens (tertiary/aromatic N) is 4. The molecule has 0 radical (unpaired) electrons. The Morgan fingerprint density at radius 3 is 2.77 bits per heavy atom. The molecule has 1 aromatic heterocycles. The van der Waals surface area contributed by atoms with Gasteiger partial charge in [0.2, 0.25) is 17.7 Å². The van der Waals surface area contributed by atoms with Gasteiger partial charge in [-0.1, -0.05) is 18.2 Å². The zero-order valence-electron chi connectivity index (χ0n) is 12.9. The molecule has 116 valence electrons. The summed E-state index contributed by atoms with van der Waals surface area (Å²) in [7, 11) is 1.93. The fraction of sp³-hybridized carbons (Fsp3) is 0.438. The SMILES string of the molecule is Cc1nnc(CN(C)[C@@H]2CCCN(c3ccccc3)C2=O)o1. The first-order valence-corrected chi connectivity index (χ1v) is 7.51. The molecule has 1 atom stereocenters. The van der Waals surface area contributed by atoms with Crippen LogP contribution >= 0.6 is 0 Å². The number of anilines is 1. The number of carbonyl (C=O) groups is 1. The lowest BCUT2D eigenvalue weighted by molar-refractivity contribution is -0.125. The molecule has 1 aliphatic rings. The molecule has 0 saturated carbocycles. The van der Waals surface area contributed by atoms with Gasteiger partial charge in [-0.15, -0.1) is 10.2 Å². The van der Waals surface area contributed by atoms with Crippen LogP contribution in [0.5, 0.6) is 0 Å². The van der Waals surface area contributed by atoms with Crippen molar-refractivity contribution in [3.63, 3.8) is 0 Å². The maximum absolute atomic E-state index is 12.8. The molecule has 2 aromatic rings. The third-order valence-electron chi connectivity index (χ3n) is 3.96. The molecule has 1 fully saturated rings. The van der Waals surface area contributed by atoms with E-state index in [4.69, 9.17) is 4.42 Å². The molecule has 2 heterocycles. The molecule has 22 heavy (non-hydrogen) atoms. The van der Waals surface area contributed by atoms with Crippen LogP contribution in [0.15, 0.2) is 34.7 Å². The minimum Gasteiger partial charge on any atom is -0.424 e. The third-order valence-corrected chi connectivity index (χ3v) is 3.96. The first kappa shape index (κ1) is 14.7. The van der Waals surface area contributed by atoms with Crippen LogP contribution in [0.2, 0.25) is 0 Å². The highest BCUT2D eigenvalue weighted by Crippen LogP contribution is 2.23. The Morgan fingerprint density at radius 1 is 1.32 bits per heavy atom. The molecule has 1 aromatic carbocycles. The van der Waals surface area contributed by atoms with Crippen LogP contribution in [0.4, 0.5) is 5.69 Å². The number of hydrogen-bond donors (Lipinski definition) is 0. The maximum Gasteiger partial charge on any atom is 0.244 e. The van der Waals surface area contributed by atoms with Gasteiger partial charge in [0.05, 0.1) is 12.6 Å². The van der Waals surface area contributed by atoms with E-state index in [1.54, 1.807) is 6.92 Å². The van der Waals surface area contributed by atoms with Gasteiger partial charge >= 0.3 is 0 Å². The summed E-state index contributed by atoms with van der Waals surface area (Å²) in [4.78, 5) is 16.6. The Morgan fingerprint density at radius 2 is 2.09 bits per heavy atom. The second-order valence-corrected chi connectivity index (χ2v) is 5.61. The Balaban J connectivity index is 1.72. The molecule has 0 unspecified atom stereocenters. The summed E-state index contributed by atoms with van der Waals surface area (Å²) in [6.07, 6.45) is 1.84. The van der Waals surface area contributed by atoms with Crippen LogP contribution in [-0.2, 0) is 11.3 Å². The van der Waals surface area contributed by atoms with E-state index < -0.39 is 0 Å². The van der Waals surface area contributed by atoms with Crippen molar-refractivity contribution in [2.24, 2.45) is 0 Å². The van der Waals surface area contributed by atoms with E-state index in [1.165, 1.54) is 0 Å². The van der Waals surface area contributed by atoms with Crippen LogP contribution in [0.1, 0.15) is 24.6 Å². The topological polar surface area (TPSA) is 62.5 Å². The highest BCUT2D eigenvalue weighted by atomic mass is 16.4. The summed E-state index contributed by atoms with van der Waals surface area (Å²) in [6, 6.07) is 9.66. The highest BCUT2D eigenvalue weighted by Gasteiger charge is 2.32. The van der Waals surface area contributed by atoms with Crippen molar-refractivity contribution in [2.75, 3.05) is 18.5 Å². The minimum absolute atomic E-state index is 0.135. The molecule has 0 aliphatic carbocycles. The normalized spacial score (nSPS) is 19.0. The molecule has 0 spiro atoms. The monoisotopic (exact) mass is 300 g/mol. The summed E-state index contributed by atoms with van der Waals surface area (Å²) in [5.74, 6) is 1.23. The van der Waals surface area contributed by atoms with Crippen LogP contribution in [0.25, 0.3) is 0 Å². The number of hydrogen-bond acceptors (Lipinski definition) is 5. The van der Waals surface area contributed by atoms with E-state index >= 15 is 0 Å². The zero-order chi connectivity index (χ0) is 15.5. The van der Waals surface area contributed by atoms with Gasteiger partial charge in [-0.2, -0.15) is 0 Å². The molecule has 1 saturated heterocycles. The summed E-state index contributed by atoms with van der Waals surface area (Å²) in [5, 5.41) is 7.83. The molecule has 6 heteroatoms. The summed E-state index contributed by atoms with van der Waals surface area (Å²) >= 11 is 0. The number of benzene rings is 1. The van der Waals surface area contributed by atoms with Crippen molar-refractivity contribution in [1.29, 1.82) is 0 Å². The molecule has 3 rings (SSSR count). The van der Waals surface area contributed by atoms with Crippen LogP contribution < -0.4 is 4.90 Å². The van der Waals surface area contributed by atoms with Crippen LogP contribution in [-0.4, -0.2) is 40.6 Å². The lowest BCUT2D eigenvalue weighted by Gasteiger charge is -2.36. The molecule has 1 aliphatic heterocycles. The van der Waals surface area contributed by atoms with E-state index in [0.29, 0.717) is 18.3 Å². The standard InChI is InChI=1S/C16H20N4O2/c1-12-17-18-15(22-12)11-19(2)14-9-6-10-20(16(14)21)13-7-4-3-5-8-13/h3-5,7-8,14H,6,9-11H2,1-2H3/t14-/m1/s1. The van der Waals surface area contributed by atoms with Crippen molar-refractivity contribution in [3.8, 4) is 0 Å². The first-order chi connectivity index (χ1) is 10.6. The van der Waals surface area contributed by atoms with E-state index in [-0.39, 0.29) is 11.9 Å². The van der Waals surface area contributed by atoms with Crippen molar-refractivity contribution in [3.05, 3.63) is 42.1 Å². The molecular formula is C16H20N4O2. The van der Waals surface area contributed by atoms with Gasteiger partial charge < -0.3 is 9.32 Å². The third kappa shape index (κ3) is 3.01. The average molecular weight is 300 g/mol. The van der Waals surface area contributed by atoms with E-state index in [0.717, 1.165) is 25.1 Å². The number of amides is 1. The van der Waals surface area contributed by atoms with Gasteiger partial charge in [0.25, 0.3) is 0 Å². The van der Waals surface area contributed by atoms with Gasteiger partial charge in [0.15, 0.2) is 0 Å². The number of aromatic nitrogens is 2. The second kappa shape index (κ2) is 6.27. The fourth-order valence-corrected chi connectivity index (χ4v) is 2.85. The summed E-state index contributed by atoms with van der Waals surface area (Å²) in [5.41, 5.74) is 0.958. The van der Waals surface area contributed by atoms with Gasteiger partial charge in [-0.25, -0.2) is 0 Å². The number of carbonyl (C=O) groups excluding carboxylic acids is 1. The lowest BCUT2D eigenvalue weighted by Crippen LogP contribution is -2.51. The first-order valence-electron chi connectivity index (χ1n) is 7.51. The number of para-hydroxylation sites is 1. The Kier molecular flexibility index (Phi) is 4.20. The van der Waals surface area contributed by atoms with Crippen LogP contribution in [0, 0.1) is 6.92 Å². The highest BCUT2D eigenvalue weighted by molar-refractivity contribution is 5.97. The molecule has 1 amide bonds. The number of aryl methyl sites for hydroxylation is 1. The Labute approximate surface area is 129 Å². The summed E-state index contributed by atoms with van der Waals surface area (Å²) in [6.45, 7) is 3.02. The lowest BCUT2D eigenvalue weighted by atomic mass is 10.0. The van der Waals surface area contributed by atoms with Gasteiger partial charge in [0, 0.05) is 19.2 Å². The molecule has 0 N–H and O–H groups in total. The van der Waals surface area contributed by atoms with Gasteiger partial charge in [-0.05, 0) is 32.0 Å².